The number of aromatic nitrogens is 2. The summed E-state index contributed by atoms with van der Waals surface area (Å²) in [4.78, 5) is 15.4. The Hall–Kier alpha value is -0.830. The maximum atomic E-state index is 11.2. The van der Waals surface area contributed by atoms with E-state index < -0.39 is 0 Å². The molecule has 0 N–H and O–H groups in total. The van der Waals surface area contributed by atoms with Crippen LogP contribution in [-0.4, -0.2) is 15.3 Å². The van der Waals surface area contributed by atoms with Crippen LogP contribution in [0.1, 0.15) is 24.9 Å². The maximum absolute atomic E-state index is 11.2. The highest BCUT2D eigenvalue weighted by atomic mass is 35.5. The first-order valence-corrected chi connectivity index (χ1v) is 4.85. The Morgan fingerprint density at radius 3 is 3.00 bits per heavy atom. The summed E-state index contributed by atoms with van der Waals surface area (Å²) in [5.74, 6) is 1.20. The third kappa shape index (κ3) is 1.37. The summed E-state index contributed by atoms with van der Waals surface area (Å²) in [7, 11) is 0. The van der Waals surface area contributed by atoms with Gasteiger partial charge in [0.25, 0.3) is 0 Å². The first-order valence-electron chi connectivity index (χ1n) is 4.48. The van der Waals surface area contributed by atoms with Crippen LogP contribution in [0.4, 0.5) is 0 Å². The van der Waals surface area contributed by atoms with Crippen LogP contribution < -0.4 is 0 Å². The Balaban J connectivity index is 2.48. The number of nitrogens with zero attached hydrogens (tertiary/aromatic N) is 2. The molecule has 2 rings (SSSR count). The zero-order valence-corrected chi connectivity index (χ0v) is 8.26. The van der Waals surface area contributed by atoms with E-state index in [1.165, 1.54) is 0 Å². The van der Waals surface area contributed by atoms with Crippen molar-refractivity contribution in [1.29, 1.82) is 0 Å². The fourth-order valence-corrected chi connectivity index (χ4v) is 2.01. The van der Waals surface area contributed by atoms with Gasteiger partial charge in [-0.25, -0.2) is 4.98 Å². The van der Waals surface area contributed by atoms with Gasteiger partial charge in [0.15, 0.2) is 10.9 Å². The first kappa shape index (κ1) is 8.75. The number of hydrogen-bond acceptors (Lipinski definition) is 2. The van der Waals surface area contributed by atoms with Gasteiger partial charge in [0, 0.05) is 12.8 Å². The fraction of sp³-hybridized carbons (Fsp3) is 0.556. The zero-order valence-electron chi connectivity index (χ0n) is 7.51. The van der Waals surface area contributed by atoms with Gasteiger partial charge >= 0.3 is 0 Å². The molecule has 1 aromatic heterocycles. The first-order chi connectivity index (χ1) is 6.22. The van der Waals surface area contributed by atoms with Crippen molar-refractivity contribution in [2.24, 2.45) is 0 Å². The molecule has 0 atom stereocenters. The van der Waals surface area contributed by atoms with Gasteiger partial charge in [-0.2, -0.15) is 0 Å². The minimum absolute atomic E-state index is 0.274. The molecule has 0 spiro atoms. The number of rotatable bonds is 1. The van der Waals surface area contributed by atoms with Crippen molar-refractivity contribution in [1.82, 2.24) is 9.55 Å². The molecule has 1 aromatic rings. The molecule has 0 saturated heterocycles. The van der Waals surface area contributed by atoms with Crippen LogP contribution >= 0.6 is 11.6 Å². The number of hydrogen-bond donors (Lipinski definition) is 0. The van der Waals surface area contributed by atoms with E-state index in [0.29, 0.717) is 18.1 Å². The fourth-order valence-electron chi connectivity index (χ4n) is 1.71. The number of ketones is 1. The molecule has 0 aromatic carbocycles. The molecule has 0 fully saturated rings. The number of fused-ring (bicyclic) bond motifs is 1. The van der Waals surface area contributed by atoms with Gasteiger partial charge in [-0.1, -0.05) is 18.5 Å². The Morgan fingerprint density at radius 2 is 2.31 bits per heavy atom. The van der Waals surface area contributed by atoms with E-state index in [2.05, 4.69) is 4.98 Å². The number of carbonyl (C=O) groups is 1. The van der Waals surface area contributed by atoms with Crippen molar-refractivity contribution in [3.8, 4) is 0 Å². The number of carbonyl (C=O) groups excluding carboxylic acids is 1. The molecular weight excluding hydrogens is 188 g/mol. The van der Waals surface area contributed by atoms with Crippen LogP contribution in [0.25, 0.3) is 0 Å². The third-order valence-corrected chi connectivity index (χ3v) is 2.70. The lowest BCUT2D eigenvalue weighted by Crippen LogP contribution is -2.21. The van der Waals surface area contributed by atoms with Crippen LogP contribution in [-0.2, 0) is 24.2 Å². The van der Waals surface area contributed by atoms with E-state index in [-0.39, 0.29) is 5.78 Å². The highest BCUT2D eigenvalue weighted by molar-refractivity contribution is 6.30. The summed E-state index contributed by atoms with van der Waals surface area (Å²) in [6.07, 6.45) is 2.17. The third-order valence-electron chi connectivity index (χ3n) is 2.39. The molecular formula is C9H11ClN2O. The lowest BCUT2D eigenvalue weighted by atomic mass is 10.1. The van der Waals surface area contributed by atoms with Gasteiger partial charge in [0.2, 0.25) is 0 Å². The van der Waals surface area contributed by atoms with Crippen molar-refractivity contribution < 1.29 is 4.79 Å². The minimum atomic E-state index is 0.274. The molecule has 1 aliphatic rings. The smallest absolute Gasteiger partial charge is 0.152 e. The van der Waals surface area contributed by atoms with Crippen molar-refractivity contribution in [2.45, 2.75) is 32.7 Å². The molecule has 0 radical (unpaired) electrons. The summed E-state index contributed by atoms with van der Waals surface area (Å²) in [6, 6.07) is 0. The molecule has 13 heavy (non-hydrogen) atoms. The quantitative estimate of drug-likeness (QED) is 0.687. The summed E-state index contributed by atoms with van der Waals surface area (Å²) in [5, 5.41) is 0.573. The molecule has 0 bridgehead atoms. The second kappa shape index (κ2) is 3.14. The average Bonchev–Trinajstić information content (AvgIpc) is 2.42. The summed E-state index contributed by atoms with van der Waals surface area (Å²) in [5.41, 5.74) is 1.03. The second-order valence-corrected chi connectivity index (χ2v) is 3.60. The number of imidazole rings is 1. The Kier molecular flexibility index (Phi) is 2.12. The normalized spacial score (nSPS) is 16.0. The van der Waals surface area contributed by atoms with Crippen LogP contribution in [0.2, 0.25) is 5.15 Å². The van der Waals surface area contributed by atoms with Crippen molar-refractivity contribution in [2.75, 3.05) is 0 Å². The monoisotopic (exact) mass is 198 g/mol. The predicted molar refractivity (Wildman–Crippen MR) is 49.9 cm³/mol. The number of aryl methyl sites for hydroxylation is 1. The molecule has 0 unspecified atom stereocenters. The number of halogens is 1. The van der Waals surface area contributed by atoms with Crippen molar-refractivity contribution >= 4 is 17.4 Å². The average molecular weight is 199 g/mol. The van der Waals surface area contributed by atoms with E-state index in [1.54, 1.807) is 0 Å². The Labute approximate surface area is 81.7 Å². The SMILES string of the molecule is CCc1nc(Cl)c2n1CC(=O)CC2. The van der Waals surface area contributed by atoms with Crippen LogP contribution in [0, 0.1) is 0 Å². The van der Waals surface area contributed by atoms with Gasteiger partial charge in [0.05, 0.1) is 12.2 Å². The molecule has 70 valence electrons. The summed E-state index contributed by atoms with van der Waals surface area (Å²) < 4.78 is 1.95. The predicted octanol–water partition coefficient (Wildman–Crippen LogP) is 1.61. The molecule has 2 heterocycles. The lowest BCUT2D eigenvalue weighted by Gasteiger charge is -2.15. The highest BCUT2D eigenvalue weighted by Gasteiger charge is 2.21. The molecule has 0 amide bonds. The van der Waals surface area contributed by atoms with E-state index in [0.717, 1.165) is 24.4 Å². The van der Waals surface area contributed by atoms with E-state index in [4.69, 9.17) is 11.6 Å². The van der Waals surface area contributed by atoms with Crippen molar-refractivity contribution in [3.05, 3.63) is 16.7 Å². The standard InChI is InChI=1S/C9H11ClN2O/c1-2-8-11-9(10)7-4-3-6(13)5-12(7)8/h2-5H2,1H3. The van der Waals surface area contributed by atoms with Gasteiger partial charge in [-0.3, -0.25) is 4.79 Å². The van der Waals surface area contributed by atoms with Gasteiger partial charge in [-0.15, -0.1) is 0 Å². The molecule has 0 aliphatic carbocycles. The maximum Gasteiger partial charge on any atom is 0.152 e. The highest BCUT2D eigenvalue weighted by Crippen LogP contribution is 2.23. The minimum Gasteiger partial charge on any atom is -0.323 e. The largest absolute Gasteiger partial charge is 0.323 e. The molecule has 4 heteroatoms. The molecule has 0 saturated carbocycles. The Morgan fingerprint density at radius 1 is 1.54 bits per heavy atom. The van der Waals surface area contributed by atoms with E-state index >= 15 is 0 Å². The summed E-state index contributed by atoms with van der Waals surface area (Å²) >= 11 is 5.95. The Bertz CT molecular complexity index is 357. The molecule has 3 nitrogen and oxygen atoms in total. The lowest BCUT2D eigenvalue weighted by molar-refractivity contribution is -0.120. The van der Waals surface area contributed by atoms with Crippen LogP contribution in [0.5, 0.6) is 0 Å². The van der Waals surface area contributed by atoms with Gasteiger partial charge < -0.3 is 4.57 Å². The van der Waals surface area contributed by atoms with Crippen molar-refractivity contribution in [3.63, 3.8) is 0 Å². The topological polar surface area (TPSA) is 34.9 Å². The van der Waals surface area contributed by atoms with Crippen LogP contribution in [0.15, 0.2) is 0 Å². The molecule has 1 aliphatic heterocycles. The van der Waals surface area contributed by atoms with Crippen LogP contribution in [0.3, 0.4) is 0 Å². The zero-order chi connectivity index (χ0) is 9.42. The van der Waals surface area contributed by atoms with E-state index in [1.807, 2.05) is 11.5 Å². The van der Waals surface area contributed by atoms with Gasteiger partial charge in [-0.05, 0) is 6.42 Å². The second-order valence-electron chi connectivity index (χ2n) is 3.24. The van der Waals surface area contributed by atoms with Gasteiger partial charge in [0.1, 0.15) is 5.82 Å². The van der Waals surface area contributed by atoms with E-state index in [9.17, 15) is 4.79 Å². The number of Topliss-reactive ketones (excluding diaryl/α,β-unsaturated/α-hetero) is 1. The summed E-state index contributed by atoms with van der Waals surface area (Å²) in [6.45, 7) is 2.48.